The molecular weight excluding hydrogens is 268 g/mol. The monoisotopic (exact) mass is 276 g/mol. The van der Waals surface area contributed by atoms with Gasteiger partial charge < -0.3 is 0 Å². The Morgan fingerprint density at radius 3 is 2.72 bits per heavy atom. The summed E-state index contributed by atoms with van der Waals surface area (Å²) in [6.07, 6.45) is 3.58. The summed E-state index contributed by atoms with van der Waals surface area (Å²) in [6, 6.07) is 9.90. The highest BCUT2D eigenvalue weighted by atomic mass is 35.5. The first-order valence-corrected chi connectivity index (χ1v) is 6.90. The number of rotatable bonds is 2. The number of benzene rings is 1. The number of thioether (sulfide) groups is 1. The van der Waals surface area contributed by atoms with Gasteiger partial charge in [0, 0.05) is 5.56 Å². The van der Waals surface area contributed by atoms with Crippen LogP contribution in [0.3, 0.4) is 0 Å². The summed E-state index contributed by atoms with van der Waals surface area (Å²) in [6.45, 7) is 0. The van der Waals surface area contributed by atoms with Gasteiger partial charge in [0.1, 0.15) is 11.3 Å². The van der Waals surface area contributed by atoms with E-state index in [2.05, 4.69) is 15.2 Å². The molecule has 0 spiro atoms. The summed E-state index contributed by atoms with van der Waals surface area (Å²) >= 11 is 7.66. The van der Waals surface area contributed by atoms with E-state index >= 15 is 0 Å². The standard InChI is InChI=1S/C12H9ClN4S/c1-18-12-16-14-7-9-10(13)15-11(17(9)12)8-5-3-2-4-6-8/h2-7H,1H3. The van der Waals surface area contributed by atoms with Crippen LogP contribution in [0.15, 0.2) is 41.7 Å². The molecule has 0 aliphatic heterocycles. The molecule has 3 aromatic rings. The van der Waals surface area contributed by atoms with Gasteiger partial charge >= 0.3 is 0 Å². The zero-order chi connectivity index (χ0) is 12.5. The maximum Gasteiger partial charge on any atom is 0.195 e. The molecule has 90 valence electrons. The molecule has 0 fully saturated rings. The summed E-state index contributed by atoms with van der Waals surface area (Å²) in [5.41, 5.74) is 1.78. The van der Waals surface area contributed by atoms with Crippen LogP contribution in [0, 0.1) is 0 Å². The normalized spacial score (nSPS) is 11.0. The summed E-state index contributed by atoms with van der Waals surface area (Å²) in [5.74, 6) is 0.787. The lowest BCUT2D eigenvalue weighted by atomic mass is 10.2. The average molecular weight is 277 g/mol. The summed E-state index contributed by atoms with van der Waals surface area (Å²) < 4.78 is 1.93. The van der Waals surface area contributed by atoms with E-state index in [-0.39, 0.29) is 0 Å². The molecule has 6 heteroatoms. The molecule has 0 unspecified atom stereocenters. The van der Waals surface area contributed by atoms with E-state index < -0.39 is 0 Å². The van der Waals surface area contributed by atoms with E-state index in [4.69, 9.17) is 11.6 Å². The first-order valence-electron chi connectivity index (χ1n) is 5.30. The third kappa shape index (κ3) is 1.76. The number of halogens is 1. The average Bonchev–Trinajstić information content (AvgIpc) is 2.77. The van der Waals surface area contributed by atoms with Crippen LogP contribution in [0.1, 0.15) is 0 Å². The molecule has 2 aromatic heterocycles. The minimum atomic E-state index is 0.444. The molecule has 2 heterocycles. The molecule has 0 radical (unpaired) electrons. The van der Waals surface area contributed by atoms with Crippen LogP contribution in [-0.2, 0) is 0 Å². The van der Waals surface area contributed by atoms with Crippen LogP contribution in [0.25, 0.3) is 16.9 Å². The van der Waals surface area contributed by atoms with Crippen molar-refractivity contribution in [3.8, 4) is 11.4 Å². The van der Waals surface area contributed by atoms with Crippen molar-refractivity contribution in [2.75, 3.05) is 6.26 Å². The van der Waals surface area contributed by atoms with Crippen LogP contribution >= 0.6 is 23.4 Å². The number of hydrogen-bond acceptors (Lipinski definition) is 4. The second kappa shape index (κ2) is 4.59. The Morgan fingerprint density at radius 2 is 2.00 bits per heavy atom. The minimum absolute atomic E-state index is 0.444. The topological polar surface area (TPSA) is 43.1 Å². The molecule has 0 amide bonds. The molecular formula is C12H9ClN4S. The van der Waals surface area contributed by atoms with Crippen molar-refractivity contribution >= 4 is 28.9 Å². The summed E-state index contributed by atoms with van der Waals surface area (Å²) in [5, 5.41) is 9.25. The summed E-state index contributed by atoms with van der Waals surface area (Å²) in [4.78, 5) is 4.40. The van der Waals surface area contributed by atoms with Crippen molar-refractivity contribution in [1.29, 1.82) is 0 Å². The molecule has 3 rings (SSSR count). The SMILES string of the molecule is CSc1nncc2c(Cl)nc(-c3ccccc3)n12. The fourth-order valence-corrected chi connectivity index (χ4v) is 2.51. The van der Waals surface area contributed by atoms with Crippen molar-refractivity contribution in [1.82, 2.24) is 19.6 Å². The van der Waals surface area contributed by atoms with E-state index in [1.807, 2.05) is 41.0 Å². The van der Waals surface area contributed by atoms with Gasteiger partial charge in [-0.05, 0) is 6.26 Å². The first kappa shape index (κ1) is 11.5. The summed E-state index contributed by atoms with van der Waals surface area (Å²) in [7, 11) is 0. The van der Waals surface area contributed by atoms with Gasteiger partial charge in [-0.25, -0.2) is 4.98 Å². The van der Waals surface area contributed by atoms with Gasteiger partial charge in [-0.2, -0.15) is 5.10 Å². The highest BCUT2D eigenvalue weighted by molar-refractivity contribution is 7.98. The maximum atomic E-state index is 6.15. The molecule has 0 bridgehead atoms. The minimum Gasteiger partial charge on any atom is -0.267 e. The van der Waals surface area contributed by atoms with Gasteiger partial charge in [0.25, 0.3) is 0 Å². The number of fused-ring (bicyclic) bond motifs is 1. The first-order chi connectivity index (χ1) is 8.81. The highest BCUT2D eigenvalue weighted by Crippen LogP contribution is 2.28. The van der Waals surface area contributed by atoms with E-state index in [1.165, 1.54) is 11.8 Å². The van der Waals surface area contributed by atoms with E-state index in [1.54, 1.807) is 6.20 Å². The fraction of sp³-hybridized carbons (Fsp3) is 0.0833. The van der Waals surface area contributed by atoms with Crippen LogP contribution < -0.4 is 0 Å². The quantitative estimate of drug-likeness (QED) is 0.674. The van der Waals surface area contributed by atoms with Crippen LogP contribution in [0.4, 0.5) is 0 Å². The zero-order valence-electron chi connectivity index (χ0n) is 9.54. The molecule has 0 saturated heterocycles. The van der Waals surface area contributed by atoms with Gasteiger partial charge in [0.2, 0.25) is 0 Å². The molecule has 18 heavy (non-hydrogen) atoms. The third-order valence-corrected chi connectivity index (χ3v) is 3.50. The lowest BCUT2D eigenvalue weighted by molar-refractivity contribution is 0.812. The van der Waals surface area contributed by atoms with Crippen LogP contribution in [0.2, 0.25) is 5.15 Å². The molecule has 0 aliphatic carbocycles. The van der Waals surface area contributed by atoms with Crippen molar-refractivity contribution in [2.24, 2.45) is 0 Å². The van der Waals surface area contributed by atoms with Crippen LogP contribution in [-0.4, -0.2) is 25.8 Å². The number of nitrogens with zero attached hydrogens (tertiary/aromatic N) is 4. The fourth-order valence-electron chi connectivity index (χ4n) is 1.80. The Balaban J connectivity index is 2.37. The van der Waals surface area contributed by atoms with Gasteiger partial charge in [0.15, 0.2) is 10.3 Å². The van der Waals surface area contributed by atoms with Crippen molar-refractivity contribution < 1.29 is 0 Å². The molecule has 0 atom stereocenters. The third-order valence-electron chi connectivity index (χ3n) is 2.60. The molecule has 0 saturated carbocycles. The Morgan fingerprint density at radius 1 is 1.22 bits per heavy atom. The Labute approximate surface area is 113 Å². The van der Waals surface area contributed by atoms with Gasteiger partial charge in [-0.1, -0.05) is 53.7 Å². The van der Waals surface area contributed by atoms with Gasteiger partial charge in [-0.3, -0.25) is 4.40 Å². The van der Waals surface area contributed by atoms with Gasteiger partial charge in [-0.15, -0.1) is 5.10 Å². The van der Waals surface area contributed by atoms with E-state index in [0.717, 1.165) is 22.1 Å². The Kier molecular flexibility index (Phi) is 2.93. The molecule has 0 aliphatic rings. The largest absolute Gasteiger partial charge is 0.267 e. The Hall–Kier alpha value is -1.59. The van der Waals surface area contributed by atoms with Crippen molar-refractivity contribution in [2.45, 2.75) is 5.16 Å². The van der Waals surface area contributed by atoms with Crippen molar-refractivity contribution in [3.05, 3.63) is 41.7 Å². The van der Waals surface area contributed by atoms with E-state index in [0.29, 0.717) is 5.15 Å². The second-order valence-electron chi connectivity index (χ2n) is 3.64. The van der Waals surface area contributed by atoms with E-state index in [9.17, 15) is 0 Å². The Bertz CT molecular complexity index is 696. The molecule has 0 N–H and O–H groups in total. The lowest BCUT2D eigenvalue weighted by Crippen LogP contribution is -1.97. The number of hydrogen-bond donors (Lipinski definition) is 0. The smallest absolute Gasteiger partial charge is 0.195 e. The maximum absolute atomic E-state index is 6.15. The predicted molar refractivity (Wildman–Crippen MR) is 73.0 cm³/mol. The van der Waals surface area contributed by atoms with Crippen molar-refractivity contribution in [3.63, 3.8) is 0 Å². The molecule has 4 nitrogen and oxygen atoms in total. The van der Waals surface area contributed by atoms with Crippen LogP contribution in [0.5, 0.6) is 0 Å². The number of imidazole rings is 1. The molecule has 1 aromatic carbocycles. The number of aromatic nitrogens is 4. The second-order valence-corrected chi connectivity index (χ2v) is 4.78. The lowest BCUT2D eigenvalue weighted by Gasteiger charge is -2.04. The van der Waals surface area contributed by atoms with Gasteiger partial charge in [0.05, 0.1) is 6.20 Å². The highest BCUT2D eigenvalue weighted by Gasteiger charge is 2.14. The predicted octanol–water partition coefficient (Wildman–Crippen LogP) is 3.17. The zero-order valence-corrected chi connectivity index (χ0v) is 11.1.